The van der Waals surface area contributed by atoms with Crippen LogP contribution >= 0.6 is 11.3 Å². The van der Waals surface area contributed by atoms with Gasteiger partial charge in [0.2, 0.25) is 11.8 Å². The van der Waals surface area contributed by atoms with E-state index >= 15 is 0 Å². The van der Waals surface area contributed by atoms with E-state index < -0.39 is 0 Å². The number of aromatic nitrogens is 1. The molecule has 0 spiro atoms. The van der Waals surface area contributed by atoms with E-state index in [0.717, 1.165) is 17.0 Å². The number of esters is 1. The maximum absolute atomic E-state index is 12.5. The van der Waals surface area contributed by atoms with E-state index in [1.165, 1.54) is 11.3 Å². The quantitative estimate of drug-likeness (QED) is 0.791. The zero-order valence-electron chi connectivity index (χ0n) is 15.4. The maximum Gasteiger partial charge on any atom is 0.309 e. The van der Waals surface area contributed by atoms with E-state index in [2.05, 4.69) is 10.3 Å². The first-order valence-electron chi connectivity index (χ1n) is 9.14. The molecule has 0 radical (unpaired) electrons. The molecule has 3 rings (SSSR count). The number of hydrogen-bond acceptors (Lipinski definition) is 6. The standard InChI is InChI=1S/C18H25N3O4S/c1-4-25-17(24)11-5-6-13-14(7-11)26-18(19-13)20-16(23)12-8-15(22)21(9-12)10(2)3/h10-12H,4-9H2,1-3H3,(H,19,20,23). The normalized spacial score (nSPS) is 22.5. The number of carbonyl (C=O) groups excluding carboxylic acids is 3. The second kappa shape index (κ2) is 7.73. The number of amides is 2. The van der Waals surface area contributed by atoms with Crippen LogP contribution in [0.1, 0.15) is 44.2 Å². The number of fused-ring (bicyclic) bond motifs is 1. The monoisotopic (exact) mass is 379 g/mol. The lowest BCUT2D eigenvalue weighted by Crippen LogP contribution is -2.33. The minimum absolute atomic E-state index is 0.0239. The van der Waals surface area contributed by atoms with Gasteiger partial charge in [-0.15, -0.1) is 11.3 Å². The smallest absolute Gasteiger partial charge is 0.309 e. The van der Waals surface area contributed by atoms with Gasteiger partial charge in [0.15, 0.2) is 5.13 Å². The summed E-state index contributed by atoms with van der Waals surface area (Å²) >= 11 is 1.42. The average Bonchev–Trinajstić information content (AvgIpc) is 3.17. The van der Waals surface area contributed by atoms with Crippen LogP contribution in [-0.4, -0.2) is 46.9 Å². The molecule has 1 aliphatic heterocycles. The van der Waals surface area contributed by atoms with Crippen LogP contribution in [0.25, 0.3) is 0 Å². The molecule has 1 aromatic rings. The fraction of sp³-hybridized carbons (Fsp3) is 0.667. The lowest BCUT2D eigenvalue weighted by atomic mass is 9.91. The maximum atomic E-state index is 12.5. The Morgan fingerprint density at radius 3 is 2.77 bits per heavy atom. The summed E-state index contributed by atoms with van der Waals surface area (Å²) in [5.74, 6) is -0.752. The van der Waals surface area contributed by atoms with Gasteiger partial charge in [0, 0.05) is 23.9 Å². The van der Waals surface area contributed by atoms with Crippen LogP contribution in [-0.2, 0) is 32.0 Å². The lowest BCUT2D eigenvalue weighted by Gasteiger charge is -2.20. The summed E-state index contributed by atoms with van der Waals surface area (Å²) in [6.45, 7) is 6.55. The molecule has 1 fully saturated rings. The van der Waals surface area contributed by atoms with Crippen LogP contribution in [0.2, 0.25) is 0 Å². The molecule has 0 bridgehead atoms. The third-order valence-corrected chi connectivity index (χ3v) is 5.98. The highest BCUT2D eigenvalue weighted by atomic mass is 32.1. The molecule has 1 aliphatic carbocycles. The number of hydrogen-bond donors (Lipinski definition) is 1. The molecular weight excluding hydrogens is 354 g/mol. The van der Waals surface area contributed by atoms with E-state index in [1.54, 1.807) is 11.8 Å². The topological polar surface area (TPSA) is 88.6 Å². The number of nitrogens with zero attached hydrogens (tertiary/aromatic N) is 2. The van der Waals surface area contributed by atoms with Crippen LogP contribution in [0.15, 0.2) is 0 Å². The molecule has 8 heteroatoms. The molecular formula is C18H25N3O4S. The summed E-state index contributed by atoms with van der Waals surface area (Å²) < 4.78 is 5.11. The van der Waals surface area contributed by atoms with Gasteiger partial charge in [0.1, 0.15) is 0 Å². The Kier molecular flexibility index (Phi) is 5.60. The zero-order chi connectivity index (χ0) is 18.8. The van der Waals surface area contributed by atoms with Gasteiger partial charge in [0.05, 0.1) is 24.1 Å². The van der Waals surface area contributed by atoms with Crippen molar-refractivity contribution in [3.05, 3.63) is 10.6 Å². The van der Waals surface area contributed by atoms with Gasteiger partial charge in [-0.3, -0.25) is 14.4 Å². The highest BCUT2D eigenvalue weighted by Gasteiger charge is 2.36. The molecule has 1 N–H and O–H groups in total. The van der Waals surface area contributed by atoms with Gasteiger partial charge >= 0.3 is 5.97 Å². The molecule has 1 saturated heterocycles. The van der Waals surface area contributed by atoms with Crippen molar-refractivity contribution in [2.24, 2.45) is 11.8 Å². The van der Waals surface area contributed by atoms with Gasteiger partial charge in [-0.05, 0) is 40.0 Å². The molecule has 0 saturated carbocycles. The molecule has 1 aromatic heterocycles. The van der Waals surface area contributed by atoms with Crippen molar-refractivity contribution >= 4 is 34.3 Å². The average molecular weight is 379 g/mol. The van der Waals surface area contributed by atoms with Gasteiger partial charge in [-0.2, -0.15) is 0 Å². The summed E-state index contributed by atoms with van der Waals surface area (Å²) in [5.41, 5.74) is 0.956. The lowest BCUT2D eigenvalue weighted by molar-refractivity contribution is -0.148. The number of nitrogens with one attached hydrogen (secondary N) is 1. The molecule has 2 heterocycles. The van der Waals surface area contributed by atoms with E-state index in [4.69, 9.17) is 4.74 Å². The number of carbonyl (C=O) groups is 3. The SMILES string of the molecule is CCOC(=O)C1CCc2nc(NC(=O)C3CC(=O)N(C(C)C)C3)sc2C1. The summed E-state index contributed by atoms with van der Waals surface area (Å²) in [6, 6.07) is 0.104. The van der Waals surface area contributed by atoms with Crippen molar-refractivity contribution in [3.63, 3.8) is 0 Å². The Morgan fingerprint density at radius 2 is 2.12 bits per heavy atom. The predicted molar refractivity (Wildman–Crippen MR) is 97.8 cm³/mol. The van der Waals surface area contributed by atoms with Crippen LogP contribution in [0.5, 0.6) is 0 Å². The van der Waals surface area contributed by atoms with Gasteiger partial charge in [0.25, 0.3) is 0 Å². The summed E-state index contributed by atoms with van der Waals surface area (Å²) in [4.78, 5) is 43.7. The fourth-order valence-electron chi connectivity index (χ4n) is 3.50. The Hall–Kier alpha value is -1.96. The van der Waals surface area contributed by atoms with Gasteiger partial charge in [-0.25, -0.2) is 4.98 Å². The summed E-state index contributed by atoms with van der Waals surface area (Å²) in [6.07, 6.45) is 2.31. The summed E-state index contributed by atoms with van der Waals surface area (Å²) in [5, 5.41) is 3.42. The molecule has 2 atom stereocenters. The van der Waals surface area contributed by atoms with Crippen LogP contribution in [0, 0.1) is 11.8 Å². The Balaban J connectivity index is 1.61. The number of ether oxygens (including phenoxy) is 1. The Bertz CT molecular complexity index is 715. The van der Waals surface area contributed by atoms with Crippen molar-refractivity contribution in [1.29, 1.82) is 0 Å². The van der Waals surface area contributed by atoms with Crippen LogP contribution in [0.4, 0.5) is 5.13 Å². The number of aryl methyl sites for hydroxylation is 1. The second-order valence-electron chi connectivity index (χ2n) is 7.11. The first-order chi connectivity index (χ1) is 12.4. The van der Waals surface area contributed by atoms with E-state index in [0.29, 0.717) is 31.1 Å². The van der Waals surface area contributed by atoms with Gasteiger partial charge in [-0.1, -0.05) is 0 Å². The number of thiazole rings is 1. The Labute approximate surface area is 157 Å². The summed E-state index contributed by atoms with van der Waals surface area (Å²) in [7, 11) is 0. The zero-order valence-corrected chi connectivity index (χ0v) is 16.2. The minimum atomic E-state index is -0.335. The minimum Gasteiger partial charge on any atom is -0.466 e. The number of anilines is 1. The predicted octanol–water partition coefficient (Wildman–Crippen LogP) is 2.01. The third kappa shape index (κ3) is 3.90. The van der Waals surface area contributed by atoms with Crippen molar-refractivity contribution in [2.45, 2.75) is 52.5 Å². The van der Waals surface area contributed by atoms with Gasteiger partial charge < -0.3 is 15.0 Å². The third-order valence-electron chi connectivity index (χ3n) is 4.94. The first kappa shape index (κ1) is 18.8. The van der Waals surface area contributed by atoms with Crippen LogP contribution < -0.4 is 5.32 Å². The highest BCUT2D eigenvalue weighted by Crippen LogP contribution is 2.33. The van der Waals surface area contributed by atoms with Crippen molar-refractivity contribution < 1.29 is 19.1 Å². The van der Waals surface area contributed by atoms with E-state index in [9.17, 15) is 14.4 Å². The largest absolute Gasteiger partial charge is 0.466 e. The molecule has 142 valence electrons. The Morgan fingerprint density at radius 1 is 1.35 bits per heavy atom. The molecule has 2 unspecified atom stereocenters. The second-order valence-corrected chi connectivity index (χ2v) is 8.19. The van der Waals surface area contributed by atoms with E-state index in [-0.39, 0.29) is 42.1 Å². The first-order valence-corrected chi connectivity index (χ1v) is 9.96. The number of rotatable bonds is 5. The van der Waals surface area contributed by atoms with E-state index in [1.807, 2.05) is 13.8 Å². The molecule has 0 aromatic carbocycles. The molecule has 26 heavy (non-hydrogen) atoms. The number of likely N-dealkylation sites (tertiary alicyclic amines) is 1. The van der Waals surface area contributed by atoms with Crippen molar-refractivity contribution in [3.8, 4) is 0 Å². The van der Waals surface area contributed by atoms with Crippen molar-refractivity contribution in [2.75, 3.05) is 18.5 Å². The molecule has 2 aliphatic rings. The van der Waals surface area contributed by atoms with Crippen LogP contribution in [0.3, 0.4) is 0 Å². The molecule has 2 amide bonds. The highest BCUT2D eigenvalue weighted by molar-refractivity contribution is 7.15. The van der Waals surface area contributed by atoms with Crippen molar-refractivity contribution in [1.82, 2.24) is 9.88 Å². The fourth-order valence-corrected chi connectivity index (χ4v) is 4.59. The molecule has 7 nitrogen and oxygen atoms in total.